The van der Waals surface area contributed by atoms with Crippen molar-refractivity contribution in [3.63, 3.8) is 0 Å². The average molecular weight is 213 g/mol. The molecule has 1 atom stereocenters. The largest absolute Gasteiger partial charge is 0.497 e. The van der Waals surface area contributed by atoms with Crippen molar-refractivity contribution in [3.05, 3.63) is 29.3 Å². The Hall–Kier alpha value is -0.730. The molecule has 2 nitrogen and oxygen atoms in total. The molecule has 14 heavy (non-hydrogen) atoms. The average Bonchev–Trinajstić information content (AvgIpc) is 2.40. The monoisotopic (exact) mass is 212 g/mol. The summed E-state index contributed by atoms with van der Waals surface area (Å²) in [6.07, 6.45) is 0.933. The third-order valence-corrected chi connectivity index (χ3v) is 2.83. The van der Waals surface area contributed by atoms with Crippen molar-refractivity contribution >= 4 is 11.6 Å². The molecule has 0 N–H and O–H groups in total. The van der Waals surface area contributed by atoms with E-state index in [2.05, 4.69) is 6.07 Å². The Morgan fingerprint density at radius 2 is 2.36 bits per heavy atom. The first-order valence-corrected chi connectivity index (χ1v) is 5.13. The molecular formula is C11H13ClO2. The molecule has 0 radical (unpaired) electrons. The topological polar surface area (TPSA) is 18.5 Å². The van der Waals surface area contributed by atoms with Crippen molar-refractivity contribution in [2.24, 2.45) is 0 Å². The minimum atomic E-state index is -0.0531. The van der Waals surface area contributed by atoms with Crippen molar-refractivity contribution in [2.45, 2.75) is 11.8 Å². The number of ether oxygens (including phenoxy) is 2. The van der Waals surface area contributed by atoms with Crippen LogP contribution in [0.3, 0.4) is 0 Å². The lowest BCUT2D eigenvalue weighted by molar-refractivity contribution is 0.143. The van der Waals surface area contributed by atoms with E-state index in [1.165, 1.54) is 5.56 Å². The Kier molecular flexibility index (Phi) is 2.94. The van der Waals surface area contributed by atoms with E-state index < -0.39 is 0 Å². The summed E-state index contributed by atoms with van der Waals surface area (Å²) in [6.45, 7) is 1.34. The Balaban J connectivity index is 2.39. The first-order chi connectivity index (χ1) is 6.81. The zero-order valence-corrected chi connectivity index (χ0v) is 8.88. The van der Waals surface area contributed by atoms with Gasteiger partial charge in [0.25, 0.3) is 0 Å². The van der Waals surface area contributed by atoms with Crippen LogP contribution in [0, 0.1) is 0 Å². The number of methoxy groups -OCH3 is 1. The van der Waals surface area contributed by atoms with Crippen molar-refractivity contribution in [1.82, 2.24) is 0 Å². The lowest BCUT2D eigenvalue weighted by Crippen LogP contribution is -1.99. The van der Waals surface area contributed by atoms with Gasteiger partial charge in [-0.15, -0.1) is 11.6 Å². The van der Waals surface area contributed by atoms with Gasteiger partial charge in [-0.25, -0.2) is 0 Å². The minimum Gasteiger partial charge on any atom is -0.497 e. The van der Waals surface area contributed by atoms with E-state index in [1.54, 1.807) is 7.11 Å². The zero-order valence-electron chi connectivity index (χ0n) is 8.13. The molecule has 0 spiro atoms. The highest BCUT2D eigenvalue weighted by Crippen LogP contribution is 2.30. The number of hydrogen-bond acceptors (Lipinski definition) is 2. The molecule has 0 amide bonds. The van der Waals surface area contributed by atoms with Gasteiger partial charge in [-0.2, -0.15) is 0 Å². The van der Waals surface area contributed by atoms with Gasteiger partial charge < -0.3 is 9.47 Å². The number of hydrogen-bond donors (Lipinski definition) is 0. The molecule has 0 saturated carbocycles. The molecule has 0 aromatic heterocycles. The smallest absolute Gasteiger partial charge is 0.119 e. The molecule has 1 aromatic rings. The summed E-state index contributed by atoms with van der Waals surface area (Å²) in [5.74, 6) is 0.858. The van der Waals surface area contributed by atoms with E-state index in [4.69, 9.17) is 21.1 Å². The van der Waals surface area contributed by atoms with Gasteiger partial charge in [-0.05, 0) is 29.7 Å². The maximum Gasteiger partial charge on any atom is 0.119 e. The van der Waals surface area contributed by atoms with Crippen LogP contribution in [0.1, 0.15) is 16.5 Å². The standard InChI is InChI=1S/C11H13ClO2/c1-13-9-3-2-8-4-5-14-7-11(12)10(8)6-9/h2-3,6,11H,4-5,7H2,1H3. The maximum atomic E-state index is 6.20. The summed E-state index contributed by atoms with van der Waals surface area (Å²) in [7, 11) is 1.66. The van der Waals surface area contributed by atoms with Gasteiger partial charge in [0.1, 0.15) is 5.75 Å². The summed E-state index contributed by atoms with van der Waals surface area (Å²) < 4.78 is 10.6. The van der Waals surface area contributed by atoms with Crippen LogP contribution in [-0.4, -0.2) is 20.3 Å². The first kappa shape index (κ1) is 9.81. The van der Waals surface area contributed by atoms with Crippen LogP contribution in [0.5, 0.6) is 5.75 Å². The second-order valence-electron chi connectivity index (χ2n) is 3.36. The van der Waals surface area contributed by atoms with E-state index in [9.17, 15) is 0 Å². The molecular weight excluding hydrogens is 200 g/mol. The number of rotatable bonds is 1. The maximum absolute atomic E-state index is 6.20. The summed E-state index contributed by atoms with van der Waals surface area (Å²) in [5.41, 5.74) is 2.41. The van der Waals surface area contributed by atoms with E-state index >= 15 is 0 Å². The molecule has 3 heteroatoms. The summed E-state index contributed by atoms with van der Waals surface area (Å²) in [6, 6.07) is 6.04. The molecule has 1 heterocycles. The molecule has 0 saturated heterocycles. The van der Waals surface area contributed by atoms with Gasteiger partial charge in [0.2, 0.25) is 0 Å². The molecule has 0 aliphatic carbocycles. The fourth-order valence-corrected chi connectivity index (χ4v) is 1.97. The number of benzene rings is 1. The predicted molar refractivity (Wildman–Crippen MR) is 56.1 cm³/mol. The van der Waals surface area contributed by atoms with Crippen LogP contribution in [0.25, 0.3) is 0 Å². The number of fused-ring (bicyclic) bond motifs is 1. The second kappa shape index (κ2) is 4.20. The van der Waals surface area contributed by atoms with Gasteiger partial charge >= 0.3 is 0 Å². The van der Waals surface area contributed by atoms with Gasteiger partial charge in [0.15, 0.2) is 0 Å². The fraction of sp³-hybridized carbons (Fsp3) is 0.455. The van der Waals surface area contributed by atoms with Crippen molar-refractivity contribution in [3.8, 4) is 5.75 Å². The normalized spacial score (nSPS) is 21.1. The van der Waals surface area contributed by atoms with Crippen LogP contribution >= 0.6 is 11.6 Å². The third kappa shape index (κ3) is 1.86. The quantitative estimate of drug-likeness (QED) is 0.667. The Morgan fingerprint density at radius 1 is 1.50 bits per heavy atom. The molecule has 1 unspecified atom stereocenters. The van der Waals surface area contributed by atoms with Gasteiger partial charge in [-0.1, -0.05) is 6.07 Å². The van der Waals surface area contributed by atoms with Gasteiger partial charge in [0, 0.05) is 0 Å². The highest BCUT2D eigenvalue weighted by atomic mass is 35.5. The van der Waals surface area contributed by atoms with Crippen LogP contribution in [0.2, 0.25) is 0 Å². The lowest BCUT2D eigenvalue weighted by Gasteiger charge is -2.11. The first-order valence-electron chi connectivity index (χ1n) is 4.70. The van der Waals surface area contributed by atoms with Crippen LogP contribution < -0.4 is 4.74 Å². The Labute approximate surface area is 88.8 Å². The highest BCUT2D eigenvalue weighted by molar-refractivity contribution is 6.21. The SMILES string of the molecule is COc1ccc2c(c1)C(Cl)COCC2. The van der Waals surface area contributed by atoms with E-state index in [0.29, 0.717) is 6.61 Å². The molecule has 1 aliphatic heterocycles. The number of halogens is 1. The lowest BCUT2D eigenvalue weighted by atomic mass is 10.0. The Morgan fingerprint density at radius 3 is 3.14 bits per heavy atom. The molecule has 1 aromatic carbocycles. The van der Waals surface area contributed by atoms with Crippen molar-refractivity contribution in [2.75, 3.05) is 20.3 Å². The molecule has 0 bridgehead atoms. The predicted octanol–water partition coefficient (Wildman–Crippen LogP) is 2.55. The molecule has 1 aliphatic rings. The van der Waals surface area contributed by atoms with Gasteiger partial charge in [0.05, 0.1) is 25.7 Å². The molecule has 2 rings (SSSR count). The Bertz CT molecular complexity index is 325. The highest BCUT2D eigenvalue weighted by Gasteiger charge is 2.17. The molecule has 76 valence electrons. The van der Waals surface area contributed by atoms with Crippen LogP contribution in [0.4, 0.5) is 0 Å². The summed E-state index contributed by atoms with van der Waals surface area (Å²) in [5, 5.41) is -0.0531. The van der Waals surface area contributed by atoms with E-state index in [-0.39, 0.29) is 5.38 Å². The fourth-order valence-electron chi connectivity index (χ4n) is 1.68. The van der Waals surface area contributed by atoms with Crippen LogP contribution in [-0.2, 0) is 11.2 Å². The van der Waals surface area contributed by atoms with Crippen molar-refractivity contribution in [1.29, 1.82) is 0 Å². The van der Waals surface area contributed by atoms with E-state index in [1.807, 2.05) is 12.1 Å². The van der Waals surface area contributed by atoms with E-state index in [0.717, 1.165) is 24.3 Å². The third-order valence-electron chi connectivity index (χ3n) is 2.47. The van der Waals surface area contributed by atoms with Gasteiger partial charge in [-0.3, -0.25) is 0 Å². The zero-order chi connectivity index (χ0) is 9.97. The minimum absolute atomic E-state index is 0.0531. The van der Waals surface area contributed by atoms with Crippen LogP contribution in [0.15, 0.2) is 18.2 Å². The molecule has 0 fully saturated rings. The van der Waals surface area contributed by atoms with Crippen molar-refractivity contribution < 1.29 is 9.47 Å². The number of alkyl halides is 1. The second-order valence-corrected chi connectivity index (χ2v) is 3.88. The summed E-state index contributed by atoms with van der Waals surface area (Å²) in [4.78, 5) is 0. The summed E-state index contributed by atoms with van der Waals surface area (Å²) >= 11 is 6.20.